The Balaban J connectivity index is 4.10. The second kappa shape index (κ2) is 4.76. The van der Waals surface area contributed by atoms with Gasteiger partial charge in [-0.25, -0.2) is 4.79 Å². The first kappa shape index (κ1) is 11.0. The number of hydrogen-bond acceptors (Lipinski definition) is 5. The average Bonchev–Trinajstić information content (AvgIpc) is 2.00. The lowest BCUT2D eigenvalue weighted by molar-refractivity contribution is -0.149. The van der Waals surface area contributed by atoms with Gasteiger partial charge < -0.3 is 9.29 Å². The van der Waals surface area contributed by atoms with E-state index in [1.54, 1.807) is 0 Å². The summed E-state index contributed by atoms with van der Waals surface area (Å²) in [4.78, 5) is 31.4. The van der Waals surface area contributed by atoms with Gasteiger partial charge in [0, 0.05) is 18.8 Å². The molecule has 1 N–H and O–H groups in total. The fraction of sp³-hybridized carbons (Fsp3) is 0.500. The van der Waals surface area contributed by atoms with Crippen molar-refractivity contribution < 1.29 is 23.7 Å². The molecule has 1 atom stereocenters. The van der Waals surface area contributed by atoms with Gasteiger partial charge in [0.1, 0.15) is 0 Å². The number of carbonyl (C=O) groups excluding carboxylic acids is 2. The maximum absolute atomic E-state index is 10.8. The maximum atomic E-state index is 10.8. The summed E-state index contributed by atoms with van der Waals surface area (Å²) in [5.74, 6) is -4.02. The predicted octanol–water partition coefficient (Wildman–Crippen LogP) is 0.0543. The molecule has 0 aromatic rings. The molecule has 0 aliphatic carbocycles. The molecule has 0 spiro atoms. The number of carboxylic acids is 1. The zero-order valence-electron chi connectivity index (χ0n) is 6.31. The Kier molecular flexibility index (Phi) is 4.35. The van der Waals surface area contributed by atoms with Crippen molar-refractivity contribution in [3.05, 3.63) is 0 Å². The fourth-order valence-corrected chi connectivity index (χ4v) is 0.691. The van der Waals surface area contributed by atoms with Crippen molar-refractivity contribution in [2.75, 3.05) is 0 Å². The molecule has 0 saturated heterocycles. The molecule has 0 aromatic carbocycles. The van der Waals surface area contributed by atoms with Crippen LogP contribution in [0.25, 0.3) is 0 Å². The number of carboxylic acid groups (broad SMARTS) is 1. The Morgan fingerprint density at radius 1 is 1.50 bits per heavy atom. The van der Waals surface area contributed by atoms with Crippen LogP contribution in [0.1, 0.15) is 13.3 Å². The standard InChI is InChI=1S/C6H8O5S/c1-3(2-4(7)8)5(9)6(10)11-12/h3,12H,2H2,1H3,(H,7,8). The molecule has 0 bridgehead atoms. The minimum absolute atomic E-state index is 0.387. The molecule has 0 amide bonds. The van der Waals surface area contributed by atoms with E-state index in [0.717, 1.165) is 0 Å². The molecular formula is C6H8O5S. The summed E-state index contributed by atoms with van der Waals surface area (Å²) >= 11 is 3.12. The molecule has 0 fully saturated rings. The van der Waals surface area contributed by atoms with Crippen molar-refractivity contribution in [3.63, 3.8) is 0 Å². The van der Waals surface area contributed by atoms with E-state index in [4.69, 9.17) is 5.11 Å². The van der Waals surface area contributed by atoms with E-state index in [0.29, 0.717) is 0 Å². The third-order valence-corrected chi connectivity index (χ3v) is 1.38. The summed E-state index contributed by atoms with van der Waals surface area (Å²) in [6.45, 7) is 1.33. The SMILES string of the molecule is CC(CC(=O)O)C(=O)C(=O)OS. The topological polar surface area (TPSA) is 80.7 Å². The Labute approximate surface area is 74.3 Å². The molecule has 5 nitrogen and oxygen atoms in total. The van der Waals surface area contributed by atoms with Crippen LogP contribution in [-0.4, -0.2) is 22.8 Å². The molecule has 0 aliphatic heterocycles. The molecular weight excluding hydrogens is 184 g/mol. The van der Waals surface area contributed by atoms with Crippen LogP contribution in [0.15, 0.2) is 0 Å². The number of ketones is 1. The number of thiol groups is 1. The fourth-order valence-electron chi connectivity index (χ4n) is 0.601. The largest absolute Gasteiger partial charge is 0.481 e. The smallest absolute Gasteiger partial charge is 0.386 e. The van der Waals surface area contributed by atoms with Crippen LogP contribution in [0.5, 0.6) is 0 Å². The molecule has 0 rings (SSSR count). The van der Waals surface area contributed by atoms with Crippen LogP contribution in [0, 0.1) is 5.92 Å². The van der Waals surface area contributed by atoms with Gasteiger partial charge >= 0.3 is 11.9 Å². The van der Waals surface area contributed by atoms with Crippen molar-refractivity contribution in [1.82, 2.24) is 0 Å². The summed E-state index contributed by atoms with van der Waals surface area (Å²) in [6.07, 6.45) is -0.387. The van der Waals surface area contributed by atoms with Crippen molar-refractivity contribution >= 4 is 30.6 Å². The van der Waals surface area contributed by atoms with Crippen LogP contribution >= 0.6 is 12.9 Å². The number of aliphatic carboxylic acids is 1. The lowest BCUT2D eigenvalue weighted by atomic mass is 10.0. The third kappa shape index (κ3) is 3.38. The van der Waals surface area contributed by atoms with Crippen LogP contribution in [0.2, 0.25) is 0 Å². The van der Waals surface area contributed by atoms with Crippen molar-refractivity contribution in [3.8, 4) is 0 Å². The first-order valence-corrected chi connectivity index (χ1v) is 3.47. The number of Topliss-reactive ketones (excluding diaryl/α,β-unsaturated/α-hetero) is 1. The van der Waals surface area contributed by atoms with Gasteiger partial charge in [0.15, 0.2) is 0 Å². The molecule has 0 saturated carbocycles. The average molecular weight is 192 g/mol. The molecule has 0 aromatic heterocycles. The van der Waals surface area contributed by atoms with Gasteiger partial charge in [0.25, 0.3) is 0 Å². The van der Waals surface area contributed by atoms with Crippen LogP contribution in [-0.2, 0) is 18.6 Å². The normalized spacial score (nSPS) is 11.8. The Bertz CT molecular complexity index is 212. The number of carbonyl (C=O) groups is 3. The zero-order valence-corrected chi connectivity index (χ0v) is 7.21. The highest BCUT2D eigenvalue weighted by Gasteiger charge is 2.24. The van der Waals surface area contributed by atoms with Gasteiger partial charge in [-0.3, -0.25) is 9.59 Å². The summed E-state index contributed by atoms with van der Waals surface area (Å²) in [7, 11) is 0. The molecule has 6 heteroatoms. The summed E-state index contributed by atoms with van der Waals surface area (Å²) in [6, 6.07) is 0. The molecule has 1 unspecified atom stereocenters. The first-order valence-electron chi connectivity index (χ1n) is 3.10. The Morgan fingerprint density at radius 3 is 2.33 bits per heavy atom. The van der Waals surface area contributed by atoms with E-state index in [1.807, 2.05) is 0 Å². The first-order chi connectivity index (χ1) is 5.49. The number of hydrogen-bond donors (Lipinski definition) is 2. The monoisotopic (exact) mass is 192 g/mol. The predicted molar refractivity (Wildman–Crippen MR) is 41.5 cm³/mol. The van der Waals surface area contributed by atoms with Crippen molar-refractivity contribution in [2.24, 2.45) is 5.92 Å². The van der Waals surface area contributed by atoms with Gasteiger partial charge in [0.2, 0.25) is 5.78 Å². The second-order valence-electron chi connectivity index (χ2n) is 2.24. The Hall–Kier alpha value is -1.04. The van der Waals surface area contributed by atoms with E-state index in [9.17, 15) is 14.4 Å². The highest BCUT2D eigenvalue weighted by Crippen LogP contribution is 2.04. The van der Waals surface area contributed by atoms with E-state index >= 15 is 0 Å². The maximum Gasteiger partial charge on any atom is 0.386 e. The summed E-state index contributed by atoms with van der Waals surface area (Å²) < 4.78 is 3.83. The van der Waals surface area contributed by atoms with Gasteiger partial charge in [-0.2, -0.15) is 0 Å². The van der Waals surface area contributed by atoms with Gasteiger partial charge in [-0.1, -0.05) is 6.92 Å². The quantitative estimate of drug-likeness (QED) is 0.374. The molecule has 0 radical (unpaired) electrons. The van der Waals surface area contributed by atoms with Crippen molar-refractivity contribution in [1.29, 1.82) is 0 Å². The number of rotatable bonds is 4. The summed E-state index contributed by atoms with van der Waals surface area (Å²) in [5.41, 5.74) is 0. The highest BCUT2D eigenvalue weighted by atomic mass is 32.1. The highest BCUT2D eigenvalue weighted by molar-refractivity contribution is 7.75. The lowest BCUT2D eigenvalue weighted by Gasteiger charge is -2.03. The zero-order chi connectivity index (χ0) is 9.72. The van der Waals surface area contributed by atoms with Crippen LogP contribution in [0.4, 0.5) is 0 Å². The van der Waals surface area contributed by atoms with E-state index < -0.39 is 23.6 Å². The van der Waals surface area contributed by atoms with E-state index in [2.05, 4.69) is 17.1 Å². The van der Waals surface area contributed by atoms with E-state index in [1.165, 1.54) is 6.92 Å². The second-order valence-corrected chi connectivity index (χ2v) is 2.42. The van der Waals surface area contributed by atoms with E-state index in [-0.39, 0.29) is 6.42 Å². The van der Waals surface area contributed by atoms with Crippen LogP contribution < -0.4 is 0 Å². The lowest BCUT2D eigenvalue weighted by Crippen LogP contribution is -2.23. The summed E-state index contributed by atoms with van der Waals surface area (Å²) in [5, 5.41) is 8.26. The molecule has 68 valence electrons. The van der Waals surface area contributed by atoms with Gasteiger partial charge in [-0.05, 0) is 0 Å². The third-order valence-electron chi connectivity index (χ3n) is 1.21. The molecule has 0 heterocycles. The minimum atomic E-state index is -1.14. The van der Waals surface area contributed by atoms with Crippen molar-refractivity contribution in [2.45, 2.75) is 13.3 Å². The van der Waals surface area contributed by atoms with Gasteiger partial charge in [0.05, 0.1) is 6.42 Å². The minimum Gasteiger partial charge on any atom is -0.481 e. The molecule has 12 heavy (non-hydrogen) atoms. The van der Waals surface area contributed by atoms with Crippen LogP contribution in [0.3, 0.4) is 0 Å². The van der Waals surface area contributed by atoms with Gasteiger partial charge in [-0.15, -0.1) is 0 Å². The Morgan fingerprint density at radius 2 is 2.00 bits per heavy atom. The molecule has 0 aliphatic rings.